The van der Waals surface area contributed by atoms with Crippen molar-refractivity contribution in [2.24, 2.45) is 5.41 Å². The van der Waals surface area contributed by atoms with Gasteiger partial charge in [0.1, 0.15) is 21.2 Å². The number of hydrogen-bond donors (Lipinski definition) is 3. The number of amides is 2. The summed E-state index contributed by atoms with van der Waals surface area (Å²) in [5.41, 5.74) is -0.604. The normalized spacial score (nSPS) is 16.8. The zero-order valence-corrected chi connectivity index (χ0v) is 25.9. The number of nitrogens with one attached hydrogen (secondary N) is 2. The van der Waals surface area contributed by atoms with Gasteiger partial charge in [0, 0.05) is 24.7 Å². The molecule has 0 radical (unpaired) electrons. The molecular weight excluding hydrogens is 615 g/mol. The summed E-state index contributed by atoms with van der Waals surface area (Å²) < 4.78 is 43.5. The Bertz CT molecular complexity index is 1730. The van der Waals surface area contributed by atoms with Gasteiger partial charge >= 0.3 is 12.2 Å². The van der Waals surface area contributed by atoms with Crippen LogP contribution in [0.25, 0.3) is 10.3 Å². The van der Waals surface area contributed by atoms with Crippen molar-refractivity contribution in [2.45, 2.75) is 45.2 Å². The molecule has 9 nitrogen and oxygen atoms in total. The predicted octanol–water partition coefficient (Wildman–Crippen LogP) is 7.64. The third-order valence-electron chi connectivity index (χ3n) is 7.97. The number of likely N-dealkylation sites (tertiary alicyclic amines) is 1. The van der Waals surface area contributed by atoms with Gasteiger partial charge in [0.15, 0.2) is 10.9 Å². The van der Waals surface area contributed by atoms with Gasteiger partial charge in [0.05, 0.1) is 16.9 Å². The van der Waals surface area contributed by atoms with Gasteiger partial charge < -0.3 is 20.2 Å². The van der Waals surface area contributed by atoms with Gasteiger partial charge in [-0.15, -0.1) is 0 Å². The molecule has 0 unspecified atom stereocenters. The Labute approximate surface area is 261 Å². The molecule has 1 fully saturated rings. The molecule has 2 amide bonds. The summed E-state index contributed by atoms with van der Waals surface area (Å²) in [6.45, 7) is 8.65. The molecule has 5 heterocycles. The number of fused-ring (bicyclic) bond motifs is 3. The summed E-state index contributed by atoms with van der Waals surface area (Å²) in [5, 5.41) is 17.1. The molecule has 0 aliphatic carbocycles. The van der Waals surface area contributed by atoms with E-state index >= 15 is 0 Å². The molecule has 2 aliphatic heterocycles. The third kappa shape index (κ3) is 5.87. The van der Waals surface area contributed by atoms with E-state index in [1.54, 1.807) is 29.2 Å². The minimum absolute atomic E-state index is 0.0452. The molecule has 3 N–H and O–H groups in total. The highest BCUT2D eigenvalue weighted by Gasteiger charge is 2.52. The second-order valence-electron chi connectivity index (χ2n) is 12.5. The fraction of sp³-hybridized carbons (Fsp3) is 0.400. The smallest absolute Gasteiger partial charge is 0.416 e. The van der Waals surface area contributed by atoms with Crippen LogP contribution in [0.3, 0.4) is 0 Å². The van der Waals surface area contributed by atoms with Gasteiger partial charge in [0.25, 0.3) is 0 Å². The number of phenols is 1. The number of anilines is 4. The van der Waals surface area contributed by atoms with E-state index in [4.69, 9.17) is 11.6 Å². The van der Waals surface area contributed by atoms with Gasteiger partial charge in [-0.2, -0.15) is 13.2 Å². The van der Waals surface area contributed by atoms with Crippen molar-refractivity contribution in [3.8, 4) is 5.75 Å². The van der Waals surface area contributed by atoms with Crippen molar-refractivity contribution < 1.29 is 23.1 Å². The number of pyridine rings is 2. The monoisotopic (exact) mass is 645 g/mol. The standard InChI is InChI=1S/C30H31ClF3N7O2S/c1-28(2,3)15-40-13-10-29(11-14-40)16-41(23-20(42)8-6-17(22(23)29)30(32,33)34)24-18(5-4-12-35-24)36-26(43)39-27-37-19-7-9-21(31)38-25(19)44-27/h4-9,12,42H,10-11,13-16H2,1-3H3,(H2,36,37,39,43). The lowest BCUT2D eigenvalue weighted by atomic mass is 9.72. The first kappa shape index (κ1) is 30.4. The molecular formula is C30H31ClF3N7O2S. The molecule has 1 saturated heterocycles. The number of alkyl halides is 3. The van der Waals surface area contributed by atoms with E-state index in [9.17, 15) is 23.1 Å². The number of piperidine rings is 1. The fourth-order valence-electron chi connectivity index (χ4n) is 6.29. The SMILES string of the molecule is CC(C)(C)CN1CCC2(CC1)CN(c1ncccc1NC(=O)Nc1nc3ccc(Cl)nc3s1)c1c(O)ccc(C(F)(F)F)c12. The maximum absolute atomic E-state index is 14.5. The molecule has 2 aliphatic rings. The minimum atomic E-state index is -4.62. The summed E-state index contributed by atoms with van der Waals surface area (Å²) in [4.78, 5) is 30.6. The largest absolute Gasteiger partial charge is 0.506 e. The van der Waals surface area contributed by atoms with Gasteiger partial charge in [-0.3, -0.25) is 5.32 Å². The van der Waals surface area contributed by atoms with Crippen molar-refractivity contribution in [1.29, 1.82) is 0 Å². The average Bonchev–Trinajstić information content (AvgIpc) is 3.48. The third-order valence-corrected chi connectivity index (χ3v) is 9.06. The lowest BCUT2D eigenvalue weighted by molar-refractivity contribution is -0.138. The first-order chi connectivity index (χ1) is 20.7. The average molecular weight is 646 g/mol. The number of carbonyl (C=O) groups is 1. The van der Waals surface area contributed by atoms with Crippen LogP contribution in [0.2, 0.25) is 5.15 Å². The van der Waals surface area contributed by atoms with Gasteiger partial charge in [-0.1, -0.05) is 43.7 Å². The van der Waals surface area contributed by atoms with Crippen molar-refractivity contribution in [1.82, 2.24) is 19.9 Å². The van der Waals surface area contributed by atoms with E-state index < -0.39 is 23.2 Å². The van der Waals surface area contributed by atoms with Crippen molar-refractivity contribution in [3.63, 3.8) is 0 Å². The number of halogens is 4. The maximum Gasteiger partial charge on any atom is 0.416 e. The number of aromatic nitrogens is 3. The van der Waals surface area contributed by atoms with E-state index in [-0.39, 0.29) is 45.6 Å². The van der Waals surface area contributed by atoms with Crippen LogP contribution < -0.4 is 15.5 Å². The molecule has 1 aromatic carbocycles. The Balaban J connectivity index is 1.33. The molecule has 44 heavy (non-hydrogen) atoms. The molecule has 3 aromatic heterocycles. The zero-order valence-electron chi connectivity index (χ0n) is 24.3. The van der Waals surface area contributed by atoms with Gasteiger partial charge in [-0.25, -0.2) is 19.7 Å². The number of phenolic OH excluding ortho intramolecular Hbond substituents is 1. The van der Waals surface area contributed by atoms with Gasteiger partial charge in [-0.05, 0) is 73.3 Å². The van der Waals surface area contributed by atoms with Crippen LogP contribution in [-0.4, -0.2) is 57.2 Å². The number of carbonyl (C=O) groups excluding carboxylic acids is 1. The second kappa shape index (κ2) is 11.0. The number of benzene rings is 1. The first-order valence-electron chi connectivity index (χ1n) is 14.1. The van der Waals surface area contributed by atoms with E-state index in [1.165, 1.54) is 6.20 Å². The Morgan fingerprint density at radius 2 is 1.84 bits per heavy atom. The topological polar surface area (TPSA) is 107 Å². The molecule has 4 aromatic rings. The highest BCUT2D eigenvalue weighted by Crippen LogP contribution is 2.57. The number of hydrogen-bond acceptors (Lipinski definition) is 8. The van der Waals surface area contributed by atoms with Gasteiger partial charge in [0.2, 0.25) is 0 Å². The highest BCUT2D eigenvalue weighted by atomic mass is 35.5. The number of rotatable bonds is 4. The van der Waals surface area contributed by atoms with Crippen molar-refractivity contribution >= 4 is 61.6 Å². The van der Waals surface area contributed by atoms with Crippen LogP contribution >= 0.6 is 22.9 Å². The summed E-state index contributed by atoms with van der Waals surface area (Å²) in [7, 11) is 0. The van der Waals surface area contributed by atoms with E-state index in [1.807, 2.05) is 0 Å². The summed E-state index contributed by atoms with van der Waals surface area (Å²) in [5.74, 6) is -0.0473. The molecule has 14 heteroatoms. The minimum Gasteiger partial charge on any atom is -0.506 e. The van der Waals surface area contributed by atoms with E-state index in [0.29, 0.717) is 41.4 Å². The Morgan fingerprint density at radius 1 is 1.09 bits per heavy atom. The molecule has 1 spiro atoms. The van der Waals surface area contributed by atoms with Crippen LogP contribution in [0.4, 0.5) is 40.3 Å². The Kier molecular flexibility index (Phi) is 7.61. The summed E-state index contributed by atoms with van der Waals surface area (Å²) in [6, 6.07) is 7.95. The summed E-state index contributed by atoms with van der Waals surface area (Å²) >= 11 is 7.11. The highest BCUT2D eigenvalue weighted by molar-refractivity contribution is 7.22. The number of nitrogens with zero attached hydrogens (tertiary/aromatic N) is 5. The Morgan fingerprint density at radius 3 is 2.55 bits per heavy atom. The zero-order chi connectivity index (χ0) is 31.4. The first-order valence-corrected chi connectivity index (χ1v) is 15.3. The molecule has 6 rings (SSSR count). The lowest BCUT2D eigenvalue weighted by Gasteiger charge is -2.42. The lowest BCUT2D eigenvalue weighted by Crippen LogP contribution is -2.47. The van der Waals surface area contributed by atoms with Crippen LogP contribution in [-0.2, 0) is 11.6 Å². The number of urea groups is 1. The van der Waals surface area contributed by atoms with Crippen LogP contribution in [0.5, 0.6) is 5.75 Å². The fourth-order valence-corrected chi connectivity index (χ4v) is 7.33. The van der Waals surface area contributed by atoms with E-state index in [0.717, 1.165) is 30.0 Å². The summed E-state index contributed by atoms with van der Waals surface area (Å²) in [6.07, 6.45) is -2.16. The second-order valence-corrected chi connectivity index (χ2v) is 13.9. The van der Waals surface area contributed by atoms with Crippen LogP contribution in [0, 0.1) is 5.41 Å². The number of thiazole rings is 1. The van der Waals surface area contributed by atoms with Crippen molar-refractivity contribution in [3.05, 3.63) is 58.9 Å². The quantitative estimate of drug-likeness (QED) is 0.196. The number of aromatic hydroxyl groups is 1. The van der Waals surface area contributed by atoms with E-state index in [2.05, 4.69) is 51.3 Å². The van der Waals surface area contributed by atoms with Crippen LogP contribution in [0.15, 0.2) is 42.6 Å². The maximum atomic E-state index is 14.5. The predicted molar refractivity (Wildman–Crippen MR) is 166 cm³/mol. The molecule has 0 saturated carbocycles. The molecule has 0 bridgehead atoms. The molecule has 232 valence electrons. The molecule has 0 atom stereocenters. The Hall–Kier alpha value is -3.68. The van der Waals surface area contributed by atoms with Crippen LogP contribution in [0.1, 0.15) is 44.7 Å². The van der Waals surface area contributed by atoms with Crippen molar-refractivity contribution in [2.75, 3.05) is 41.7 Å².